The molecule has 0 unspecified atom stereocenters. The molecule has 4 heterocycles. The first-order valence-electron chi connectivity index (χ1n) is 10.1. The maximum atomic E-state index is 13.4. The molecule has 2 amide bonds. The highest BCUT2D eigenvalue weighted by molar-refractivity contribution is 7.17. The van der Waals surface area contributed by atoms with E-state index in [4.69, 9.17) is 4.74 Å². The maximum absolute atomic E-state index is 13.4. The van der Waals surface area contributed by atoms with E-state index < -0.39 is 0 Å². The number of carbonyl (C=O) groups is 1. The van der Waals surface area contributed by atoms with Crippen LogP contribution in [0.4, 0.5) is 15.0 Å². The summed E-state index contributed by atoms with van der Waals surface area (Å²) < 4.78 is 18.7. The normalized spacial score (nSPS) is 17.6. The van der Waals surface area contributed by atoms with Crippen LogP contribution >= 0.6 is 11.3 Å². The molecule has 0 saturated carbocycles. The number of fused-ring (bicyclic) bond motifs is 1. The molecule has 2 fully saturated rings. The van der Waals surface area contributed by atoms with Crippen molar-refractivity contribution in [3.05, 3.63) is 41.8 Å². The molecule has 2 aromatic heterocycles. The van der Waals surface area contributed by atoms with Gasteiger partial charge in [-0.2, -0.15) is 0 Å². The summed E-state index contributed by atoms with van der Waals surface area (Å²) in [7, 11) is 0. The Balaban J connectivity index is 1.37. The van der Waals surface area contributed by atoms with Gasteiger partial charge in [-0.3, -0.25) is 0 Å². The minimum absolute atomic E-state index is 0.0910. The average molecular weight is 428 g/mol. The van der Waals surface area contributed by atoms with E-state index in [0.29, 0.717) is 52.5 Å². The third kappa shape index (κ3) is 3.59. The number of benzene rings is 1. The van der Waals surface area contributed by atoms with Crippen LogP contribution in [0.2, 0.25) is 0 Å². The van der Waals surface area contributed by atoms with Crippen molar-refractivity contribution in [3.63, 3.8) is 0 Å². The van der Waals surface area contributed by atoms with Gasteiger partial charge in [0, 0.05) is 50.2 Å². The summed E-state index contributed by atoms with van der Waals surface area (Å²) in [6.07, 6.45) is 1.59. The zero-order chi connectivity index (χ0) is 20.5. The van der Waals surface area contributed by atoms with Crippen LogP contribution in [0.3, 0.4) is 0 Å². The van der Waals surface area contributed by atoms with E-state index in [1.165, 1.54) is 12.1 Å². The smallest absolute Gasteiger partial charge is 0.320 e. The predicted octanol–water partition coefficient (Wildman–Crippen LogP) is 3.07. The van der Waals surface area contributed by atoms with Crippen LogP contribution in [-0.4, -0.2) is 78.3 Å². The van der Waals surface area contributed by atoms with Gasteiger partial charge in [-0.1, -0.05) is 12.1 Å². The van der Waals surface area contributed by atoms with E-state index in [-0.39, 0.29) is 11.8 Å². The van der Waals surface area contributed by atoms with Gasteiger partial charge in [0.2, 0.25) is 0 Å². The Kier molecular flexibility index (Phi) is 5.22. The third-order valence-corrected chi connectivity index (χ3v) is 6.52. The largest absolute Gasteiger partial charge is 0.378 e. The molecular weight excluding hydrogens is 405 g/mol. The monoisotopic (exact) mass is 427 g/mol. The first-order chi connectivity index (χ1) is 14.7. The van der Waals surface area contributed by atoms with E-state index in [1.807, 2.05) is 15.2 Å². The molecule has 0 N–H and O–H groups in total. The van der Waals surface area contributed by atoms with Gasteiger partial charge in [0.1, 0.15) is 22.8 Å². The van der Waals surface area contributed by atoms with E-state index in [1.54, 1.807) is 29.8 Å². The predicted molar refractivity (Wildman–Crippen MR) is 114 cm³/mol. The van der Waals surface area contributed by atoms with Gasteiger partial charge in [-0.15, -0.1) is 11.3 Å². The molecule has 9 heteroatoms. The first kappa shape index (κ1) is 19.2. The molecule has 0 spiro atoms. The Bertz CT molecular complexity index is 1040. The molecule has 2 aliphatic rings. The number of piperazine rings is 1. The summed E-state index contributed by atoms with van der Waals surface area (Å²) in [5.41, 5.74) is 1.96. The fourth-order valence-electron chi connectivity index (χ4n) is 4.01. The fraction of sp³-hybridized carbons (Fsp3) is 0.381. The number of carbonyl (C=O) groups excluding carboxylic acids is 1. The lowest BCUT2D eigenvalue weighted by Crippen LogP contribution is -2.55. The van der Waals surface area contributed by atoms with Gasteiger partial charge < -0.3 is 19.4 Å². The molecule has 2 saturated heterocycles. The molecule has 0 aliphatic carbocycles. The van der Waals surface area contributed by atoms with Crippen molar-refractivity contribution in [3.8, 4) is 11.1 Å². The molecule has 5 rings (SSSR count). The summed E-state index contributed by atoms with van der Waals surface area (Å²) in [4.78, 5) is 28.7. The summed E-state index contributed by atoms with van der Waals surface area (Å²) in [6.45, 7) is 5.24. The van der Waals surface area contributed by atoms with Crippen molar-refractivity contribution >= 4 is 33.4 Å². The molecule has 0 bridgehead atoms. The van der Waals surface area contributed by atoms with Crippen LogP contribution < -0.4 is 4.90 Å². The number of urea groups is 1. The minimum Gasteiger partial charge on any atom is -0.378 e. The van der Waals surface area contributed by atoms with E-state index in [9.17, 15) is 9.18 Å². The second kappa shape index (κ2) is 8.16. The average Bonchev–Trinajstić information content (AvgIpc) is 3.24. The van der Waals surface area contributed by atoms with Crippen molar-refractivity contribution < 1.29 is 13.9 Å². The van der Waals surface area contributed by atoms with E-state index in [2.05, 4.69) is 14.9 Å². The number of ether oxygens (including phenoxy) is 1. The van der Waals surface area contributed by atoms with Crippen LogP contribution in [0.25, 0.3) is 21.3 Å². The lowest BCUT2D eigenvalue weighted by Gasteiger charge is -2.39. The zero-order valence-corrected chi connectivity index (χ0v) is 17.3. The standard InChI is InChI=1S/C21H22FN5O2S/c22-16-3-1-15(2-4-16)17-13-30-20-18(17)19(23-14-24-20)25-5-7-26(8-6-25)21(28)27-9-11-29-12-10-27/h1-4,13-14H,5-12H2. The molecule has 1 aromatic carbocycles. The Morgan fingerprint density at radius 2 is 1.67 bits per heavy atom. The zero-order valence-electron chi connectivity index (χ0n) is 16.5. The number of hydrogen-bond acceptors (Lipinski definition) is 6. The number of halogens is 1. The van der Waals surface area contributed by atoms with Crippen molar-refractivity contribution in [2.45, 2.75) is 0 Å². The Hall–Kier alpha value is -2.78. The Morgan fingerprint density at radius 1 is 0.967 bits per heavy atom. The van der Waals surface area contributed by atoms with Crippen LogP contribution in [0.15, 0.2) is 36.0 Å². The van der Waals surface area contributed by atoms with Gasteiger partial charge >= 0.3 is 6.03 Å². The number of amides is 2. The SMILES string of the molecule is O=C(N1CCOCC1)N1CCN(c2ncnc3scc(-c4ccc(F)cc4)c23)CC1. The first-order valence-corrected chi connectivity index (χ1v) is 10.9. The van der Waals surface area contributed by atoms with Gasteiger partial charge in [0.15, 0.2) is 0 Å². The molecular formula is C21H22FN5O2S. The fourth-order valence-corrected chi connectivity index (χ4v) is 4.92. The minimum atomic E-state index is -0.254. The third-order valence-electron chi connectivity index (χ3n) is 5.64. The quantitative estimate of drug-likeness (QED) is 0.629. The molecule has 2 aliphatic heterocycles. The molecule has 0 atom stereocenters. The van der Waals surface area contributed by atoms with Crippen molar-refractivity contribution in [2.24, 2.45) is 0 Å². The lowest BCUT2D eigenvalue weighted by molar-refractivity contribution is 0.0428. The van der Waals surface area contributed by atoms with Crippen molar-refractivity contribution in [1.82, 2.24) is 19.8 Å². The number of morpholine rings is 1. The van der Waals surface area contributed by atoms with Crippen LogP contribution in [0.5, 0.6) is 0 Å². The molecule has 7 nitrogen and oxygen atoms in total. The number of nitrogens with zero attached hydrogens (tertiary/aromatic N) is 5. The number of anilines is 1. The summed E-state index contributed by atoms with van der Waals surface area (Å²) in [6, 6.07) is 6.60. The molecule has 156 valence electrons. The van der Waals surface area contributed by atoms with Gasteiger partial charge in [-0.05, 0) is 17.7 Å². The van der Waals surface area contributed by atoms with Crippen LogP contribution in [-0.2, 0) is 4.74 Å². The van der Waals surface area contributed by atoms with Crippen LogP contribution in [0, 0.1) is 5.82 Å². The summed E-state index contributed by atoms with van der Waals surface area (Å²) in [5.74, 6) is 0.620. The van der Waals surface area contributed by atoms with E-state index >= 15 is 0 Å². The highest BCUT2D eigenvalue weighted by Crippen LogP contribution is 2.38. The Morgan fingerprint density at radius 3 is 2.40 bits per heavy atom. The van der Waals surface area contributed by atoms with Gasteiger partial charge in [-0.25, -0.2) is 19.2 Å². The number of thiophene rings is 1. The number of rotatable bonds is 2. The second-order valence-electron chi connectivity index (χ2n) is 7.39. The lowest BCUT2D eigenvalue weighted by atomic mass is 10.1. The topological polar surface area (TPSA) is 61.8 Å². The molecule has 30 heavy (non-hydrogen) atoms. The second-order valence-corrected chi connectivity index (χ2v) is 8.25. The molecule has 0 radical (unpaired) electrons. The highest BCUT2D eigenvalue weighted by Gasteiger charge is 2.28. The summed E-state index contributed by atoms with van der Waals surface area (Å²) >= 11 is 1.56. The molecule has 3 aromatic rings. The maximum Gasteiger partial charge on any atom is 0.320 e. The number of hydrogen-bond donors (Lipinski definition) is 0. The number of aromatic nitrogens is 2. The Labute approximate surface area is 177 Å². The van der Waals surface area contributed by atoms with Crippen molar-refractivity contribution in [1.29, 1.82) is 0 Å². The van der Waals surface area contributed by atoms with Crippen LogP contribution in [0.1, 0.15) is 0 Å². The van der Waals surface area contributed by atoms with Gasteiger partial charge in [0.25, 0.3) is 0 Å². The highest BCUT2D eigenvalue weighted by atomic mass is 32.1. The van der Waals surface area contributed by atoms with Gasteiger partial charge in [0.05, 0.1) is 18.6 Å². The summed E-state index contributed by atoms with van der Waals surface area (Å²) in [5, 5.41) is 3.04. The van der Waals surface area contributed by atoms with E-state index in [0.717, 1.165) is 27.2 Å². The van der Waals surface area contributed by atoms with Crippen molar-refractivity contribution in [2.75, 3.05) is 57.4 Å².